The third-order valence-corrected chi connectivity index (χ3v) is 15.1. The summed E-state index contributed by atoms with van der Waals surface area (Å²) in [7, 11) is 6.60. The lowest BCUT2D eigenvalue weighted by molar-refractivity contribution is 0.0943. The Balaban J connectivity index is 0.000000134. The SMILES string of the molecule is CN(C)C1CCN(c2ccc3ncc(-c4ccc5n[nH]c(C6CC6)c5c4)n3n2)CC1.CN1CCC2(CC1)CCN(c1ccc3ncc(-c4ccc5n[nH]c(C6CC6)c5c4)n3n1)CC2. The van der Waals surface area contributed by atoms with Gasteiger partial charge in [0, 0.05) is 77.3 Å². The Morgan fingerprint density at radius 1 is 0.571 bits per heavy atom. The summed E-state index contributed by atoms with van der Waals surface area (Å²) in [5, 5.41) is 28.0. The quantitative estimate of drug-likeness (QED) is 0.162. The van der Waals surface area contributed by atoms with Crippen LogP contribution in [0.5, 0.6) is 0 Å². The van der Waals surface area contributed by atoms with Crippen LogP contribution < -0.4 is 9.80 Å². The molecule has 0 atom stereocenters. The Morgan fingerprint density at radius 3 is 1.52 bits per heavy atom. The second kappa shape index (κ2) is 15.4. The van der Waals surface area contributed by atoms with Gasteiger partial charge in [0.2, 0.25) is 0 Å². The first-order valence-corrected chi connectivity index (χ1v) is 23.4. The van der Waals surface area contributed by atoms with E-state index in [1.165, 1.54) is 99.5 Å². The minimum Gasteiger partial charge on any atom is -0.355 e. The molecule has 2 aromatic carbocycles. The molecule has 2 N–H and O–H groups in total. The highest BCUT2D eigenvalue weighted by molar-refractivity contribution is 5.88. The van der Waals surface area contributed by atoms with Crippen molar-refractivity contribution in [3.05, 3.63) is 84.4 Å². The monoisotopic (exact) mass is 842 g/mol. The van der Waals surface area contributed by atoms with E-state index < -0.39 is 0 Å². The fourth-order valence-electron chi connectivity index (χ4n) is 10.6. The zero-order valence-corrected chi connectivity index (χ0v) is 36.8. The van der Waals surface area contributed by atoms with Crippen LogP contribution in [-0.4, -0.2) is 126 Å². The minimum atomic E-state index is 0.548. The van der Waals surface area contributed by atoms with Crippen molar-refractivity contribution in [1.29, 1.82) is 0 Å². The van der Waals surface area contributed by atoms with Crippen molar-refractivity contribution in [3.63, 3.8) is 0 Å². The molecule has 2 aliphatic carbocycles. The average Bonchev–Trinajstić information content (AvgIpc) is 4.16. The number of hydrogen-bond donors (Lipinski definition) is 2. The maximum Gasteiger partial charge on any atom is 0.154 e. The van der Waals surface area contributed by atoms with Crippen LogP contribution in [0.4, 0.5) is 11.6 Å². The number of aromatic amines is 2. The highest BCUT2D eigenvalue weighted by atomic mass is 15.3. The molecule has 0 unspecified atom stereocenters. The van der Waals surface area contributed by atoms with Crippen LogP contribution in [0.1, 0.15) is 87.4 Å². The molecule has 324 valence electrons. The number of benzene rings is 2. The number of rotatable bonds is 7. The van der Waals surface area contributed by atoms with Crippen LogP contribution in [0, 0.1) is 5.41 Å². The summed E-state index contributed by atoms with van der Waals surface area (Å²) in [6, 6.07) is 22.1. The van der Waals surface area contributed by atoms with E-state index in [-0.39, 0.29) is 0 Å². The second-order valence-corrected chi connectivity index (χ2v) is 19.5. The van der Waals surface area contributed by atoms with E-state index in [9.17, 15) is 0 Å². The number of imidazole rings is 2. The molecule has 3 saturated heterocycles. The third kappa shape index (κ3) is 7.30. The number of hydrogen-bond acceptors (Lipinski definition) is 10. The van der Waals surface area contributed by atoms with Crippen molar-refractivity contribution in [1.82, 2.24) is 59.4 Å². The summed E-state index contributed by atoms with van der Waals surface area (Å²) < 4.78 is 4.01. The summed E-state index contributed by atoms with van der Waals surface area (Å²) in [5.41, 5.74) is 11.3. The Morgan fingerprint density at radius 2 is 1.05 bits per heavy atom. The molecule has 0 bridgehead atoms. The normalized spacial score (nSPS) is 19.9. The molecule has 63 heavy (non-hydrogen) atoms. The first kappa shape index (κ1) is 38.8. The summed E-state index contributed by atoms with van der Waals surface area (Å²) in [5.74, 6) is 3.38. The van der Waals surface area contributed by atoms with Gasteiger partial charge in [0.05, 0.1) is 34.8 Å². The smallest absolute Gasteiger partial charge is 0.154 e. The molecular weight excluding hydrogens is 785 g/mol. The number of anilines is 2. The molecule has 1 spiro atoms. The van der Waals surface area contributed by atoms with E-state index in [2.05, 4.69) is 132 Å². The van der Waals surface area contributed by atoms with Crippen LogP contribution in [-0.2, 0) is 0 Å². The third-order valence-electron chi connectivity index (χ3n) is 15.1. The fraction of sp³-hybridized carbons (Fsp3) is 0.469. The second-order valence-electron chi connectivity index (χ2n) is 19.5. The summed E-state index contributed by atoms with van der Waals surface area (Å²) in [6.45, 7) is 6.75. The van der Waals surface area contributed by atoms with Gasteiger partial charge in [0.25, 0.3) is 0 Å². The molecule has 9 heterocycles. The predicted octanol–water partition coefficient (Wildman–Crippen LogP) is 8.14. The van der Waals surface area contributed by atoms with E-state index in [1.54, 1.807) is 0 Å². The Labute approximate surface area is 367 Å². The van der Waals surface area contributed by atoms with Gasteiger partial charge in [-0.05, 0) is 152 Å². The van der Waals surface area contributed by atoms with E-state index in [0.29, 0.717) is 23.3 Å². The molecular formula is C49H58N14. The van der Waals surface area contributed by atoms with Crippen LogP contribution in [0.3, 0.4) is 0 Å². The molecule has 0 amide bonds. The van der Waals surface area contributed by atoms with Crippen molar-refractivity contribution in [2.24, 2.45) is 5.41 Å². The van der Waals surface area contributed by atoms with Crippen molar-refractivity contribution in [3.8, 4) is 22.5 Å². The number of nitrogens with one attached hydrogen (secondary N) is 2. The zero-order valence-electron chi connectivity index (χ0n) is 36.8. The molecule has 5 aliphatic rings. The minimum absolute atomic E-state index is 0.548. The molecule has 6 aromatic heterocycles. The van der Waals surface area contributed by atoms with Gasteiger partial charge in [0.15, 0.2) is 11.3 Å². The van der Waals surface area contributed by atoms with Crippen molar-refractivity contribution in [2.45, 2.75) is 82.1 Å². The van der Waals surface area contributed by atoms with Crippen LogP contribution >= 0.6 is 0 Å². The van der Waals surface area contributed by atoms with Gasteiger partial charge in [-0.15, -0.1) is 10.2 Å². The number of H-pyrrole nitrogens is 2. The molecule has 8 aromatic rings. The molecule has 13 rings (SSSR count). The van der Waals surface area contributed by atoms with Crippen molar-refractivity contribution >= 4 is 44.7 Å². The van der Waals surface area contributed by atoms with Gasteiger partial charge in [0.1, 0.15) is 11.6 Å². The number of aromatic nitrogens is 10. The number of piperidine rings is 3. The highest BCUT2D eigenvalue weighted by Gasteiger charge is 2.37. The lowest BCUT2D eigenvalue weighted by Crippen LogP contribution is -2.46. The van der Waals surface area contributed by atoms with E-state index in [0.717, 1.165) is 82.7 Å². The lowest BCUT2D eigenvalue weighted by atomic mass is 9.71. The fourth-order valence-corrected chi connectivity index (χ4v) is 10.6. The van der Waals surface area contributed by atoms with Crippen LogP contribution in [0.15, 0.2) is 73.1 Å². The zero-order chi connectivity index (χ0) is 42.2. The molecule has 3 aliphatic heterocycles. The summed E-state index contributed by atoms with van der Waals surface area (Å²) in [4.78, 5) is 18.9. The molecule has 0 radical (unpaired) electrons. The summed E-state index contributed by atoms with van der Waals surface area (Å²) >= 11 is 0. The highest BCUT2D eigenvalue weighted by Crippen LogP contribution is 2.44. The lowest BCUT2D eigenvalue weighted by Gasteiger charge is -2.46. The van der Waals surface area contributed by atoms with Crippen LogP contribution in [0.2, 0.25) is 0 Å². The van der Waals surface area contributed by atoms with Gasteiger partial charge in [-0.1, -0.05) is 12.1 Å². The molecule has 14 nitrogen and oxygen atoms in total. The van der Waals surface area contributed by atoms with Gasteiger partial charge in [-0.2, -0.15) is 10.2 Å². The van der Waals surface area contributed by atoms with E-state index in [4.69, 9.17) is 10.2 Å². The molecule has 2 saturated carbocycles. The first-order chi connectivity index (χ1) is 30.8. The largest absolute Gasteiger partial charge is 0.355 e. The Hall–Kier alpha value is -5.86. The number of likely N-dealkylation sites (tertiary alicyclic amines) is 1. The van der Waals surface area contributed by atoms with E-state index in [1.807, 2.05) is 21.4 Å². The average molecular weight is 843 g/mol. The topological polar surface area (TPSA) is 131 Å². The predicted molar refractivity (Wildman–Crippen MR) is 250 cm³/mol. The van der Waals surface area contributed by atoms with Crippen molar-refractivity contribution < 1.29 is 0 Å². The first-order valence-electron chi connectivity index (χ1n) is 23.4. The molecule has 5 fully saturated rings. The number of fused-ring (bicyclic) bond motifs is 4. The maximum absolute atomic E-state index is 5.07. The van der Waals surface area contributed by atoms with Crippen molar-refractivity contribution in [2.75, 3.05) is 70.2 Å². The maximum atomic E-state index is 5.07. The standard InChI is InChI=1S/C26H31N7.C23H27N7/c1-31-12-8-26(9-13-31)10-14-32(15-11-26)24-7-6-23-27-17-22(33(23)30-24)19-4-5-21-20(16-19)25(29-28-21)18-2-3-18;1-28(2)17-9-11-29(12-10-17)22-8-7-21-24-14-20(30(21)27-22)16-5-6-19-18(13-16)23(26-25-19)15-3-4-15/h4-7,16-18H,2-3,8-15H2,1H3,(H,28,29);5-8,13-15,17H,3-4,9-12H2,1-2H3,(H,25,26). The van der Waals surface area contributed by atoms with Gasteiger partial charge in [-0.25, -0.2) is 19.0 Å². The number of nitrogens with zero attached hydrogens (tertiary/aromatic N) is 12. The Kier molecular flexibility index (Phi) is 9.51. The Bertz CT molecular complexity index is 2920. The van der Waals surface area contributed by atoms with Gasteiger partial charge >= 0.3 is 0 Å². The van der Waals surface area contributed by atoms with Gasteiger partial charge in [-0.3, -0.25) is 10.2 Å². The van der Waals surface area contributed by atoms with E-state index >= 15 is 0 Å². The van der Waals surface area contributed by atoms with Crippen LogP contribution in [0.25, 0.3) is 55.6 Å². The van der Waals surface area contributed by atoms with Gasteiger partial charge < -0.3 is 19.6 Å². The molecule has 14 heteroatoms. The summed E-state index contributed by atoms with van der Waals surface area (Å²) in [6.07, 6.45) is 16.5.